The number of anilines is 1. The number of halogens is 1. The predicted octanol–water partition coefficient (Wildman–Crippen LogP) is 4.41. The summed E-state index contributed by atoms with van der Waals surface area (Å²) in [6.45, 7) is 4.40. The maximum Gasteiger partial charge on any atom is 0.161 e. The van der Waals surface area contributed by atoms with Crippen molar-refractivity contribution in [1.29, 1.82) is 0 Å². The molecule has 0 unspecified atom stereocenters. The van der Waals surface area contributed by atoms with Crippen molar-refractivity contribution in [2.45, 2.75) is 32.2 Å². The van der Waals surface area contributed by atoms with Gasteiger partial charge in [0.2, 0.25) is 0 Å². The molecule has 2 rings (SSSR count). The van der Waals surface area contributed by atoms with Gasteiger partial charge in [-0.3, -0.25) is 4.99 Å². The highest BCUT2D eigenvalue weighted by Gasteiger charge is 2.32. The van der Waals surface area contributed by atoms with E-state index < -0.39 is 0 Å². The lowest BCUT2D eigenvalue weighted by Crippen LogP contribution is -2.24. The molecule has 0 saturated carbocycles. The summed E-state index contributed by atoms with van der Waals surface area (Å²) in [6, 6.07) is 7.76. The molecule has 1 aromatic carbocycles. The molecule has 92 valence electrons. The van der Waals surface area contributed by atoms with E-state index >= 15 is 0 Å². The van der Waals surface area contributed by atoms with E-state index in [1.54, 1.807) is 11.8 Å². The molecule has 1 N–H and O–H groups in total. The lowest BCUT2D eigenvalue weighted by atomic mass is 9.97. The monoisotopic (exact) mass is 268 g/mol. The molecule has 1 heterocycles. The Kier molecular flexibility index (Phi) is 4.00. The van der Waals surface area contributed by atoms with Crippen LogP contribution in [0.4, 0.5) is 5.69 Å². The van der Waals surface area contributed by atoms with Crippen LogP contribution in [0.1, 0.15) is 26.7 Å². The summed E-state index contributed by atoms with van der Waals surface area (Å²) >= 11 is 7.90. The smallest absolute Gasteiger partial charge is 0.161 e. The van der Waals surface area contributed by atoms with Crippen LogP contribution in [-0.2, 0) is 0 Å². The normalized spacial score (nSPS) is 17.9. The van der Waals surface area contributed by atoms with Crippen molar-refractivity contribution in [3.05, 3.63) is 29.3 Å². The van der Waals surface area contributed by atoms with Gasteiger partial charge in [-0.2, -0.15) is 0 Å². The van der Waals surface area contributed by atoms with Gasteiger partial charge < -0.3 is 5.32 Å². The summed E-state index contributed by atoms with van der Waals surface area (Å²) in [5, 5.41) is 5.04. The van der Waals surface area contributed by atoms with Crippen LogP contribution in [0.25, 0.3) is 0 Å². The fourth-order valence-electron chi connectivity index (χ4n) is 1.84. The number of para-hydroxylation sites is 1. The molecule has 4 heteroatoms. The average Bonchev–Trinajstić information content (AvgIpc) is 2.76. The van der Waals surface area contributed by atoms with Crippen molar-refractivity contribution < 1.29 is 0 Å². The first kappa shape index (κ1) is 12.8. The molecule has 2 nitrogen and oxygen atoms in total. The van der Waals surface area contributed by atoms with Crippen LogP contribution in [-0.4, -0.2) is 16.5 Å². The van der Waals surface area contributed by atoms with E-state index in [0.717, 1.165) is 34.5 Å². The molecule has 17 heavy (non-hydrogen) atoms. The molecular formula is C13H17ClN2S. The summed E-state index contributed by atoms with van der Waals surface area (Å²) in [7, 11) is 0. The fraction of sp³-hybridized carbons (Fsp3) is 0.462. The molecule has 0 atom stereocenters. The molecule has 0 radical (unpaired) electrons. The van der Waals surface area contributed by atoms with E-state index in [-0.39, 0.29) is 5.54 Å². The van der Waals surface area contributed by atoms with Crippen LogP contribution < -0.4 is 5.32 Å². The van der Waals surface area contributed by atoms with Crippen molar-refractivity contribution in [1.82, 2.24) is 0 Å². The summed E-state index contributed by atoms with van der Waals surface area (Å²) in [6.07, 6.45) is 2.18. The van der Waals surface area contributed by atoms with Crippen LogP contribution in [0.3, 0.4) is 0 Å². The highest BCUT2D eigenvalue weighted by Crippen LogP contribution is 2.34. The van der Waals surface area contributed by atoms with Crippen molar-refractivity contribution >= 4 is 34.2 Å². The van der Waals surface area contributed by atoms with Crippen molar-refractivity contribution in [2.24, 2.45) is 4.99 Å². The molecule has 0 aromatic heterocycles. The van der Waals surface area contributed by atoms with Crippen LogP contribution in [0.2, 0.25) is 5.02 Å². The Balaban J connectivity index is 2.14. The van der Waals surface area contributed by atoms with Gasteiger partial charge in [-0.15, -0.1) is 0 Å². The maximum absolute atomic E-state index is 6.11. The molecule has 0 amide bonds. The molecular weight excluding hydrogens is 252 g/mol. The first-order valence-corrected chi connectivity index (χ1v) is 7.29. The largest absolute Gasteiger partial charge is 0.334 e. The SMILES string of the molecule is CCC1(CC)CSC(Nc2ccccc2Cl)=N1. The Morgan fingerprint density at radius 1 is 1.35 bits per heavy atom. The topological polar surface area (TPSA) is 24.4 Å². The first-order valence-electron chi connectivity index (χ1n) is 5.93. The quantitative estimate of drug-likeness (QED) is 0.878. The molecule has 0 aliphatic carbocycles. The predicted molar refractivity (Wildman–Crippen MR) is 78.3 cm³/mol. The minimum atomic E-state index is 0.119. The minimum absolute atomic E-state index is 0.119. The first-order chi connectivity index (χ1) is 8.19. The average molecular weight is 269 g/mol. The van der Waals surface area contributed by atoms with Crippen molar-refractivity contribution in [3.8, 4) is 0 Å². The summed E-state index contributed by atoms with van der Waals surface area (Å²) in [4.78, 5) is 4.80. The van der Waals surface area contributed by atoms with Gasteiger partial charge in [-0.1, -0.05) is 49.3 Å². The van der Waals surface area contributed by atoms with Crippen LogP contribution >= 0.6 is 23.4 Å². The van der Waals surface area contributed by atoms with Gasteiger partial charge in [-0.05, 0) is 25.0 Å². The second kappa shape index (κ2) is 5.32. The molecule has 0 saturated heterocycles. The van der Waals surface area contributed by atoms with E-state index in [0.29, 0.717) is 0 Å². The Morgan fingerprint density at radius 2 is 2.06 bits per heavy atom. The van der Waals surface area contributed by atoms with Crippen LogP contribution in [0.5, 0.6) is 0 Å². The fourth-order valence-corrected chi connectivity index (χ4v) is 3.34. The number of amidine groups is 1. The summed E-state index contributed by atoms with van der Waals surface area (Å²) < 4.78 is 0. The van der Waals surface area contributed by atoms with Gasteiger partial charge in [0.25, 0.3) is 0 Å². The van der Waals surface area contributed by atoms with Gasteiger partial charge >= 0.3 is 0 Å². The van der Waals surface area contributed by atoms with Gasteiger partial charge in [0, 0.05) is 5.75 Å². The van der Waals surface area contributed by atoms with Gasteiger partial charge in [0.15, 0.2) is 5.17 Å². The molecule has 0 fully saturated rings. The summed E-state index contributed by atoms with van der Waals surface area (Å²) in [5.74, 6) is 1.06. The minimum Gasteiger partial charge on any atom is -0.334 e. The Labute approximate surface area is 112 Å². The number of thioether (sulfide) groups is 1. The second-order valence-electron chi connectivity index (χ2n) is 4.24. The zero-order valence-corrected chi connectivity index (χ0v) is 11.7. The van der Waals surface area contributed by atoms with E-state index in [1.807, 2.05) is 24.3 Å². The Hall–Kier alpha value is -0.670. The maximum atomic E-state index is 6.11. The lowest BCUT2D eigenvalue weighted by Gasteiger charge is -2.20. The van der Waals surface area contributed by atoms with Gasteiger partial charge in [0.1, 0.15) is 0 Å². The van der Waals surface area contributed by atoms with E-state index in [4.69, 9.17) is 16.6 Å². The van der Waals surface area contributed by atoms with Crippen molar-refractivity contribution in [3.63, 3.8) is 0 Å². The van der Waals surface area contributed by atoms with Crippen molar-refractivity contribution in [2.75, 3.05) is 11.1 Å². The molecule has 1 aromatic rings. The zero-order chi connectivity index (χ0) is 12.3. The Bertz CT molecular complexity index is 427. The Morgan fingerprint density at radius 3 is 2.65 bits per heavy atom. The summed E-state index contributed by atoms with van der Waals surface area (Å²) in [5.41, 5.74) is 1.05. The van der Waals surface area contributed by atoms with Gasteiger partial charge in [-0.25, -0.2) is 0 Å². The van der Waals surface area contributed by atoms with Gasteiger partial charge in [0.05, 0.1) is 16.2 Å². The molecule has 1 aliphatic heterocycles. The third-order valence-corrected chi connectivity index (χ3v) is 4.73. The third-order valence-electron chi connectivity index (χ3n) is 3.25. The number of nitrogens with zero attached hydrogens (tertiary/aromatic N) is 1. The molecule has 0 bridgehead atoms. The second-order valence-corrected chi connectivity index (χ2v) is 5.61. The number of nitrogens with one attached hydrogen (secondary N) is 1. The van der Waals surface area contributed by atoms with E-state index in [1.165, 1.54) is 0 Å². The number of rotatable bonds is 3. The highest BCUT2D eigenvalue weighted by molar-refractivity contribution is 8.14. The van der Waals surface area contributed by atoms with E-state index in [9.17, 15) is 0 Å². The number of hydrogen-bond donors (Lipinski definition) is 1. The third kappa shape index (κ3) is 2.78. The lowest BCUT2D eigenvalue weighted by molar-refractivity contribution is 0.456. The van der Waals surface area contributed by atoms with Crippen LogP contribution in [0.15, 0.2) is 29.3 Å². The highest BCUT2D eigenvalue weighted by atomic mass is 35.5. The number of hydrogen-bond acceptors (Lipinski definition) is 3. The molecule has 0 spiro atoms. The zero-order valence-electron chi connectivity index (χ0n) is 10.2. The van der Waals surface area contributed by atoms with E-state index in [2.05, 4.69) is 19.2 Å². The number of aliphatic imine (C=N–C) groups is 1. The number of benzene rings is 1. The van der Waals surface area contributed by atoms with Crippen LogP contribution in [0, 0.1) is 0 Å². The standard InChI is InChI=1S/C13H17ClN2S/c1-3-13(4-2)9-17-12(16-13)15-11-8-6-5-7-10(11)14/h5-8H,3-4,9H2,1-2H3,(H,15,16). The molecule has 1 aliphatic rings.